The van der Waals surface area contributed by atoms with Gasteiger partial charge < -0.3 is 4.74 Å². The SMILES string of the molecule is N#Cc1ccccc1COc1ccc(Br)cc1C=O. The summed E-state index contributed by atoms with van der Waals surface area (Å²) in [7, 11) is 0. The largest absolute Gasteiger partial charge is 0.488 e. The van der Waals surface area contributed by atoms with Gasteiger partial charge in [-0.05, 0) is 24.3 Å². The highest BCUT2D eigenvalue weighted by molar-refractivity contribution is 9.10. The Balaban J connectivity index is 2.19. The first kappa shape index (κ1) is 13.3. The Labute approximate surface area is 119 Å². The predicted molar refractivity (Wildman–Crippen MR) is 75.0 cm³/mol. The van der Waals surface area contributed by atoms with Crippen LogP contribution in [0.5, 0.6) is 5.75 Å². The van der Waals surface area contributed by atoms with Crippen LogP contribution in [0.1, 0.15) is 21.5 Å². The molecule has 0 aliphatic heterocycles. The van der Waals surface area contributed by atoms with Crippen molar-refractivity contribution in [2.45, 2.75) is 6.61 Å². The van der Waals surface area contributed by atoms with Crippen molar-refractivity contribution in [1.82, 2.24) is 0 Å². The van der Waals surface area contributed by atoms with Crippen molar-refractivity contribution < 1.29 is 9.53 Å². The second kappa shape index (κ2) is 6.17. The Morgan fingerprint density at radius 3 is 2.79 bits per heavy atom. The lowest BCUT2D eigenvalue weighted by molar-refractivity contribution is 0.111. The highest BCUT2D eigenvalue weighted by Gasteiger charge is 2.06. The third kappa shape index (κ3) is 3.21. The van der Waals surface area contributed by atoms with Gasteiger partial charge in [-0.1, -0.05) is 34.1 Å². The molecule has 0 heterocycles. The van der Waals surface area contributed by atoms with Crippen molar-refractivity contribution in [3.63, 3.8) is 0 Å². The fourth-order valence-corrected chi connectivity index (χ4v) is 2.03. The quantitative estimate of drug-likeness (QED) is 0.808. The molecule has 0 radical (unpaired) electrons. The van der Waals surface area contributed by atoms with Crippen molar-refractivity contribution in [1.29, 1.82) is 5.26 Å². The number of nitriles is 1. The number of benzene rings is 2. The van der Waals surface area contributed by atoms with Gasteiger partial charge in [0.2, 0.25) is 0 Å². The normalized spacial score (nSPS) is 9.68. The first-order chi connectivity index (χ1) is 9.24. The van der Waals surface area contributed by atoms with Crippen LogP contribution in [-0.4, -0.2) is 6.29 Å². The van der Waals surface area contributed by atoms with Crippen molar-refractivity contribution >= 4 is 22.2 Å². The second-order valence-corrected chi connectivity index (χ2v) is 4.77. The third-order valence-electron chi connectivity index (χ3n) is 2.62. The summed E-state index contributed by atoms with van der Waals surface area (Å²) in [4.78, 5) is 11.0. The van der Waals surface area contributed by atoms with E-state index in [1.165, 1.54) is 0 Å². The summed E-state index contributed by atoms with van der Waals surface area (Å²) in [6, 6.07) is 14.6. The van der Waals surface area contributed by atoms with E-state index >= 15 is 0 Å². The van der Waals surface area contributed by atoms with E-state index in [2.05, 4.69) is 22.0 Å². The van der Waals surface area contributed by atoms with Crippen LogP contribution in [0.4, 0.5) is 0 Å². The molecule has 0 saturated carbocycles. The van der Waals surface area contributed by atoms with Gasteiger partial charge in [0, 0.05) is 10.0 Å². The number of ether oxygens (including phenoxy) is 1. The van der Waals surface area contributed by atoms with Crippen LogP contribution in [-0.2, 0) is 6.61 Å². The van der Waals surface area contributed by atoms with E-state index in [9.17, 15) is 4.79 Å². The van der Waals surface area contributed by atoms with Crippen LogP contribution in [0.2, 0.25) is 0 Å². The first-order valence-corrected chi connectivity index (χ1v) is 6.39. The molecular formula is C15H10BrNO2. The number of carbonyl (C=O) groups is 1. The summed E-state index contributed by atoms with van der Waals surface area (Å²) in [6.45, 7) is 0.256. The number of hydrogen-bond donors (Lipinski definition) is 0. The van der Waals surface area contributed by atoms with E-state index < -0.39 is 0 Å². The number of halogens is 1. The van der Waals surface area contributed by atoms with E-state index in [1.807, 2.05) is 12.1 Å². The zero-order valence-corrected chi connectivity index (χ0v) is 11.6. The molecule has 2 aromatic rings. The number of carbonyl (C=O) groups excluding carboxylic acids is 1. The summed E-state index contributed by atoms with van der Waals surface area (Å²) >= 11 is 3.30. The predicted octanol–water partition coefficient (Wildman–Crippen LogP) is 3.71. The number of aldehydes is 1. The van der Waals surface area contributed by atoms with Gasteiger partial charge in [0.05, 0.1) is 17.2 Å². The Morgan fingerprint density at radius 1 is 1.26 bits per heavy atom. The average molecular weight is 316 g/mol. The monoisotopic (exact) mass is 315 g/mol. The maximum atomic E-state index is 11.0. The van der Waals surface area contributed by atoms with E-state index in [-0.39, 0.29) is 6.61 Å². The lowest BCUT2D eigenvalue weighted by Gasteiger charge is -2.09. The minimum Gasteiger partial charge on any atom is -0.488 e. The van der Waals surface area contributed by atoms with E-state index in [4.69, 9.17) is 10.00 Å². The standard InChI is InChI=1S/C15H10BrNO2/c16-14-5-6-15(13(7-14)9-18)19-10-12-4-2-1-3-11(12)8-17/h1-7,9H,10H2. The molecule has 0 aromatic heterocycles. The van der Waals surface area contributed by atoms with Crippen LogP contribution in [0.15, 0.2) is 46.9 Å². The van der Waals surface area contributed by atoms with Crippen LogP contribution in [0.25, 0.3) is 0 Å². The molecule has 2 aromatic carbocycles. The number of nitrogens with zero attached hydrogens (tertiary/aromatic N) is 1. The molecule has 3 nitrogen and oxygen atoms in total. The van der Waals surface area contributed by atoms with E-state index in [1.54, 1.807) is 30.3 Å². The Hall–Kier alpha value is -2.12. The van der Waals surface area contributed by atoms with Gasteiger partial charge in [-0.2, -0.15) is 5.26 Å². The lowest BCUT2D eigenvalue weighted by atomic mass is 10.1. The minimum absolute atomic E-state index is 0.256. The molecule has 0 N–H and O–H groups in total. The van der Waals surface area contributed by atoms with E-state index in [0.29, 0.717) is 16.9 Å². The maximum absolute atomic E-state index is 11.0. The summed E-state index contributed by atoms with van der Waals surface area (Å²) in [6.07, 6.45) is 0.746. The van der Waals surface area contributed by atoms with Gasteiger partial charge in [-0.15, -0.1) is 0 Å². The Bertz CT molecular complexity index is 647. The fraction of sp³-hybridized carbons (Fsp3) is 0.0667. The molecule has 0 saturated heterocycles. The van der Waals surface area contributed by atoms with Gasteiger partial charge in [-0.25, -0.2) is 0 Å². The van der Waals surface area contributed by atoms with Gasteiger partial charge in [0.15, 0.2) is 6.29 Å². The van der Waals surface area contributed by atoms with Crippen LogP contribution in [0.3, 0.4) is 0 Å². The molecule has 0 aliphatic carbocycles. The molecule has 0 bridgehead atoms. The molecule has 4 heteroatoms. The lowest BCUT2D eigenvalue weighted by Crippen LogP contribution is -2.00. The Kier molecular flexibility index (Phi) is 4.32. The molecule has 19 heavy (non-hydrogen) atoms. The molecule has 0 aliphatic rings. The summed E-state index contributed by atoms with van der Waals surface area (Å²) < 4.78 is 6.43. The molecular weight excluding hydrogens is 306 g/mol. The number of rotatable bonds is 4. The Morgan fingerprint density at radius 2 is 2.05 bits per heavy atom. The topological polar surface area (TPSA) is 50.1 Å². The summed E-state index contributed by atoms with van der Waals surface area (Å²) in [5.41, 5.74) is 1.85. The molecule has 0 unspecified atom stereocenters. The minimum atomic E-state index is 0.256. The fourth-order valence-electron chi connectivity index (χ4n) is 1.65. The molecule has 94 valence electrons. The van der Waals surface area contributed by atoms with Gasteiger partial charge in [0.25, 0.3) is 0 Å². The highest BCUT2D eigenvalue weighted by Crippen LogP contribution is 2.23. The molecule has 0 atom stereocenters. The zero-order valence-electron chi connectivity index (χ0n) is 9.97. The van der Waals surface area contributed by atoms with E-state index in [0.717, 1.165) is 16.3 Å². The van der Waals surface area contributed by atoms with Crippen molar-refractivity contribution in [3.05, 3.63) is 63.6 Å². The summed E-state index contributed by atoms with van der Waals surface area (Å²) in [5.74, 6) is 0.506. The maximum Gasteiger partial charge on any atom is 0.153 e. The van der Waals surface area contributed by atoms with Crippen LogP contribution < -0.4 is 4.74 Å². The molecule has 0 spiro atoms. The second-order valence-electron chi connectivity index (χ2n) is 3.86. The number of hydrogen-bond acceptors (Lipinski definition) is 3. The smallest absolute Gasteiger partial charge is 0.153 e. The van der Waals surface area contributed by atoms with Crippen molar-refractivity contribution in [2.75, 3.05) is 0 Å². The van der Waals surface area contributed by atoms with Gasteiger partial charge in [0.1, 0.15) is 12.4 Å². The molecule has 0 fully saturated rings. The van der Waals surface area contributed by atoms with Gasteiger partial charge in [-0.3, -0.25) is 4.79 Å². The van der Waals surface area contributed by atoms with Gasteiger partial charge >= 0.3 is 0 Å². The highest BCUT2D eigenvalue weighted by atomic mass is 79.9. The zero-order chi connectivity index (χ0) is 13.7. The van der Waals surface area contributed by atoms with Crippen LogP contribution in [0, 0.1) is 11.3 Å². The van der Waals surface area contributed by atoms with Crippen molar-refractivity contribution in [2.24, 2.45) is 0 Å². The molecule has 0 amide bonds. The van der Waals surface area contributed by atoms with Crippen molar-refractivity contribution in [3.8, 4) is 11.8 Å². The average Bonchev–Trinajstić information content (AvgIpc) is 2.46. The molecule has 2 rings (SSSR count). The first-order valence-electron chi connectivity index (χ1n) is 5.60. The summed E-state index contributed by atoms with van der Waals surface area (Å²) in [5, 5.41) is 8.98. The third-order valence-corrected chi connectivity index (χ3v) is 3.11. The van der Waals surface area contributed by atoms with Crippen LogP contribution >= 0.6 is 15.9 Å².